The summed E-state index contributed by atoms with van der Waals surface area (Å²) in [6.45, 7) is 2.13. The Morgan fingerprint density at radius 3 is 2.94 bits per heavy atom. The Morgan fingerprint density at radius 1 is 1.44 bits per heavy atom. The highest BCUT2D eigenvalue weighted by Crippen LogP contribution is 2.25. The third-order valence-electron chi connectivity index (χ3n) is 3.60. The molecule has 1 aliphatic heterocycles. The van der Waals surface area contributed by atoms with Crippen LogP contribution < -0.4 is 11.1 Å². The first kappa shape index (κ1) is 11.2. The van der Waals surface area contributed by atoms with Crippen molar-refractivity contribution in [3.05, 3.63) is 35.8 Å². The van der Waals surface area contributed by atoms with E-state index in [1.807, 2.05) is 6.20 Å². The van der Waals surface area contributed by atoms with Crippen molar-refractivity contribution in [3.63, 3.8) is 0 Å². The van der Waals surface area contributed by atoms with Gasteiger partial charge in [-0.15, -0.1) is 0 Å². The lowest BCUT2D eigenvalue weighted by molar-refractivity contribution is 0.0995. The minimum absolute atomic E-state index is 0.432. The molecule has 3 heterocycles. The summed E-state index contributed by atoms with van der Waals surface area (Å²) in [6.07, 6.45) is 5.72. The number of aromatic nitrogens is 2. The number of fused-ring (bicyclic) bond motifs is 1. The molecule has 3 rings (SSSR count). The molecule has 0 spiro atoms. The van der Waals surface area contributed by atoms with Gasteiger partial charge in [-0.3, -0.25) is 9.20 Å². The Morgan fingerprint density at radius 2 is 2.22 bits per heavy atom. The molecule has 5 heteroatoms. The summed E-state index contributed by atoms with van der Waals surface area (Å²) in [5, 5.41) is 3.36. The van der Waals surface area contributed by atoms with E-state index >= 15 is 0 Å². The number of hydrogen-bond acceptors (Lipinski definition) is 3. The summed E-state index contributed by atoms with van der Waals surface area (Å²) in [5.74, 6) is 0.141. The molecule has 0 radical (unpaired) electrons. The molecule has 0 saturated carbocycles. The Balaban J connectivity index is 1.98. The van der Waals surface area contributed by atoms with E-state index in [9.17, 15) is 4.79 Å². The van der Waals surface area contributed by atoms with Gasteiger partial charge in [-0.1, -0.05) is 0 Å². The number of carbonyl (C=O) groups is 1. The average molecular weight is 244 g/mol. The second kappa shape index (κ2) is 4.42. The molecule has 0 unspecified atom stereocenters. The number of pyridine rings is 1. The van der Waals surface area contributed by atoms with Gasteiger partial charge in [0.05, 0.1) is 6.20 Å². The molecular formula is C13H16N4O. The maximum Gasteiger partial charge on any atom is 0.267 e. The van der Waals surface area contributed by atoms with Crippen molar-refractivity contribution in [3.8, 4) is 0 Å². The molecule has 5 nitrogen and oxygen atoms in total. The van der Waals surface area contributed by atoms with Crippen LogP contribution in [0.25, 0.3) is 5.65 Å². The number of carbonyl (C=O) groups excluding carboxylic acids is 1. The normalized spacial score (nSPS) is 17.1. The maximum atomic E-state index is 11.2. The lowest BCUT2D eigenvalue weighted by Gasteiger charge is -2.22. The van der Waals surface area contributed by atoms with E-state index < -0.39 is 5.91 Å². The molecular weight excluding hydrogens is 228 g/mol. The van der Waals surface area contributed by atoms with E-state index in [-0.39, 0.29) is 0 Å². The zero-order valence-electron chi connectivity index (χ0n) is 10.1. The summed E-state index contributed by atoms with van der Waals surface area (Å²) in [5.41, 5.74) is 7.82. The van der Waals surface area contributed by atoms with E-state index in [1.165, 1.54) is 11.8 Å². The van der Waals surface area contributed by atoms with Crippen molar-refractivity contribution in [2.75, 3.05) is 13.1 Å². The van der Waals surface area contributed by atoms with Crippen molar-refractivity contribution < 1.29 is 4.79 Å². The number of nitrogens with zero attached hydrogens (tertiary/aromatic N) is 2. The van der Waals surface area contributed by atoms with Crippen LogP contribution >= 0.6 is 0 Å². The Kier molecular flexibility index (Phi) is 2.76. The van der Waals surface area contributed by atoms with Crippen molar-refractivity contribution in [2.45, 2.75) is 18.8 Å². The Bertz CT molecular complexity index is 584. The van der Waals surface area contributed by atoms with Crippen LogP contribution in [0.2, 0.25) is 0 Å². The first-order chi connectivity index (χ1) is 8.75. The van der Waals surface area contributed by atoms with Crippen molar-refractivity contribution in [1.29, 1.82) is 0 Å². The first-order valence-corrected chi connectivity index (χ1v) is 6.23. The Hall–Kier alpha value is -1.88. The van der Waals surface area contributed by atoms with E-state index in [0.717, 1.165) is 31.6 Å². The summed E-state index contributed by atoms with van der Waals surface area (Å²) >= 11 is 0. The van der Waals surface area contributed by atoms with Gasteiger partial charge in [0.2, 0.25) is 0 Å². The van der Waals surface area contributed by atoms with Gasteiger partial charge >= 0.3 is 0 Å². The van der Waals surface area contributed by atoms with Crippen LogP contribution in [0.5, 0.6) is 0 Å². The smallest absolute Gasteiger partial charge is 0.267 e. The zero-order valence-corrected chi connectivity index (χ0v) is 10.1. The number of imidazole rings is 1. The Labute approximate surface area is 105 Å². The third-order valence-corrected chi connectivity index (χ3v) is 3.60. The van der Waals surface area contributed by atoms with Crippen LogP contribution in [0.1, 0.15) is 34.8 Å². The van der Waals surface area contributed by atoms with Gasteiger partial charge in [-0.25, -0.2) is 4.98 Å². The van der Waals surface area contributed by atoms with E-state index in [1.54, 1.807) is 4.40 Å². The van der Waals surface area contributed by atoms with Crippen molar-refractivity contribution >= 4 is 11.6 Å². The van der Waals surface area contributed by atoms with Crippen LogP contribution in [0.4, 0.5) is 0 Å². The van der Waals surface area contributed by atoms with Gasteiger partial charge in [0.25, 0.3) is 5.91 Å². The molecule has 94 valence electrons. The first-order valence-electron chi connectivity index (χ1n) is 6.23. The molecule has 1 fully saturated rings. The monoisotopic (exact) mass is 244 g/mol. The fourth-order valence-corrected chi connectivity index (χ4v) is 2.59. The summed E-state index contributed by atoms with van der Waals surface area (Å²) in [7, 11) is 0. The second-order valence-corrected chi connectivity index (χ2v) is 4.72. The highest BCUT2D eigenvalue weighted by molar-refractivity contribution is 5.91. The minimum atomic E-state index is -0.447. The third kappa shape index (κ3) is 1.86. The fourth-order valence-electron chi connectivity index (χ4n) is 2.59. The minimum Gasteiger partial charge on any atom is -0.364 e. The molecule has 0 aromatic carbocycles. The second-order valence-electron chi connectivity index (χ2n) is 4.72. The predicted molar refractivity (Wildman–Crippen MR) is 68.6 cm³/mol. The number of nitrogens with two attached hydrogens (primary N) is 1. The van der Waals surface area contributed by atoms with Gasteiger partial charge in [-0.05, 0) is 49.5 Å². The van der Waals surface area contributed by atoms with Gasteiger partial charge in [0.1, 0.15) is 11.3 Å². The summed E-state index contributed by atoms with van der Waals surface area (Å²) in [6, 6.07) is 4.12. The molecule has 18 heavy (non-hydrogen) atoms. The summed E-state index contributed by atoms with van der Waals surface area (Å²) in [4.78, 5) is 15.5. The van der Waals surface area contributed by atoms with Gasteiger partial charge < -0.3 is 11.1 Å². The van der Waals surface area contributed by atoms with Crippen molar-refractivity contribution in [1.82, 2.24) is 14.7 Å². The van der Waals surface area contributed by atoms with Gasteiger partial charge in [-0.2, -0.15) is 0 Å². The van der Waals surface area contributed by atoms with Crippen LogP contribution in [-0.4, -0.2) is 28.4 Å². The fraction of sp³-hybridized carbons (Fsp3) is 0.385. The van der Waals surface area contributed by atoms with E-state index in [0.29, 0.717) is 11.6 Å². The van der Waals surface area contributed by atoms with Gasteiger partial charge in [0, 0.05) is 6.20 Å². The molecule has 1 amide bonds. The molecule has 1 saturated heterocycles. The predicted octanol–water partition coefficient (Wildman–Crippen LogP) is 0.900. The largest absolute Gasteiger partial charge is 0.364 e. The quantitative estimate of drug-likeness (QED) is 0.824. The van der Waals surface area contributed by atoms with Crippen molar-refractivity contribution in [2.24, 2.45) is 5.73 Å². The zero-order chi connectivity index (χ0) is 12.5. The number of piperidine rings is 1. The molecule has 2 aromatic rings. The SMILES string of the molecule is NC(=O)c1cnc2cc(C3CCNCC3)ccn12. The summed E-state index contributed by atoms with van der Waals surface area (Å²) < 4.78 is 1.74. The highest BCUT2D eigenvalue weighted by Gasteiger charge is 2.16. The molecule has 0 bridgehead atoms. The number of amides is 1. The van der Waals surface area contributed by atoms with Crippen LogP contribution in [0.15, 0.2) is 24.5 Å². The lowest BCUT2D eigenvalue weighted by atomic mass is 9.91. The standard InChI is InChI=1S/C13H16N4O/c14-13(18)11-8-16-12-7-10(3-6-17(11)12)9-1-4-15-5-2-9/h3,6-9,15H,1-2,4-5H2,(H2,14,18). The molecule has 2 aromatic heterocycles. The molecule has 0 atom stereocenters. The van der Waals surface area contributed by atoms with E-state index in [2.05, 4.69) is 22.4 Å². The molecule has 1 aliphatic rings. The lowest BCUT2D eigenvalue weighted by Crippen LogP contribution is -2.26. The topological polar surface area (TPSA) is 72.4 Å². The highest BCUT2D eigenvalue weighted by atomic mass is 16.1. The number of hydrogen-bond donors (Lipinski definition) is 2. The average Bonchev–Trinajstić information content (AvgIpc) is 2.82. The van der Waals surface area contributed by atoms with Crippen LogP contribution in [-0.2, 0) is 0 Å². The number of nitrogens with one attached hydrogen (secondary N) is 1. The number of primary amides is 1. The van der Waals surface area contributed by atoms with Crippen LogP contribution in [0.3, 0.4) is 0 Å². The number of rotatable bonds is 2. The van der Waals surface area contributed by atoms with E-state index in [4.69, 9.17) is 5.73 Å². The molecule has 0 aliphatic carbocycles. The van der Waals surface area contributed by atoms with Crippen LogP contribution in [0, 0.1) is 0 Å². The maximum absolute atomic E-state index is 11.2. The van der Waals surface area contributed by atoms with Gasteiger partial charge in [0.15, 0.2) is 0 Å². The molecule has 3 N–H and O–H groups in total.